The molecule has 0 atom stereocenters. The highest BCUT2D eigenvalue weighted by Gasteiger charge is 2.31. The van der Waals surface area contributed by atoms with Gasteiger partial charge in [-0.1, -0.05) is 27.7 Å². The summed E-state index contributed by atoms with van der Waals surface area (Å²) >= 11 is 0. The summed E-state index contributed by atoms with van der Waals surface area (Å²) in [6.45, 7) is 9.99. The second-order valence-electron chi connectivity index (χ2n) is 5.88. The highest BCUT2D eigenvalue weighted by molar-refractivity contribution is 4.87. The maximum absolute atomic E-state index is 9.10. The zero-order valence-electron chi connectivity index (χ0n) is 10.0. The van der Waals surface area contributed by atoms with Gasteiger partial charge in [-0.25, -0.2) is 0 Å². The third-order valence-corrected chi connectivity index (χ3v) is 3.41. The van der Waals surface area contributed by atoms with Crippen LogP contribution in [-0.4, -0.2) is 24.3 Å². The molecule has 2 N–H and O–H groups in total. The Morgan fingerprint density at radius 1 is 1.36 bits per heavy atom. The number of aliphatic hydroxyl groups excluding tert-OH is 1. The Bertz CT molecular complexity index is 171. The molecule has 0 bridgehead atoms. The van der Waals surface area contributed by atoms with E-state index in [4.69, 9.17) is 5.11 Å². The SMILES string of the molecule is CC(C)C1CC(NCC(C)(C)CO)C1. The number of hydrogen-bond acceptors (Lipinski definition) is 2. The number of aliphatic hydroxyl groups is 1. The molecule has 2 nitrogen and oxygen atoms in total. The molecule has 1 aliphatic carbocycles. The average Bonchev–Trinajstić information content (AvgIpc) is 2.00. The van der Waals surface area contributed by atoms with Crippen LogP contribution < -0.4 is 5.32 Å². The third-order valence-electron chi connectivity index (χ3n) is 3.41. The highest BCUT2D eigenvalue weighted by atomic mass is 16.3. The maximum atomic E-state index is 9.10. The van der Waals surface area contributed by atoms with Gasteiger partial charge in [0.1, 0.15) is 0 Å². The topological polar surface area (TPSA) is 32.3 Å². The van der Waals surface area contributed by atoms with E-state index in [-0.39, 0.29) is 12.0 Å². The van der Waals surface area contributed by atoms with E-state index in [0.29, 0.717) is 6.04 Å². The van der Waals surface area contributed by atoms with Crippen molar-refractivity contribution in [3.63, 3.8) is 0 Å². The number of nitrogens with one attached hydrogen (secondary N) is 1. The van der Waals surface area contributed by atoms with E-state index >= 15 is 0 Å². The van der Waals surface area contributed by atoms with Crippen molar-refractivity contribution in [1.82, 2.24) is 5.32 Å². The Kier molecular flexibility index (Phi) is 3.96. The minimum Gasteiger partial charge on any atom is -0.396 e. The van der Waals surface area contributed by atoms with Gasteiger partial charge in [-0.05, 0) is 24.7 Å². The van der Waals surface area contributed by atoms with Crippen LogP contribution in [0.25, 0.3) is 0 Å². The van der Waals surface area contributed by atoms with Crippen molar-refractivity contribution < 1.29 is 5.11 Å². The minimum atomic E-state index is 0.0307. The molecule has 0 aromatic carbocycles. The summed E-state index contributed by atoms with van der Waals surface area (Å²) in [5.74, 6) is 1.75. The first-order valence-electron chi connectivity index (χ1n) is 5.79. The van der Waals surface area contributed by atoms with E-state index < -0.39 is 0 Å². The summed E-state index contributed by atoms with van der Waals surface area (Å²) in [4.78, 5) is 0. The van der Waals surface area contributed by atoms with E-state index in [1.54, 1.807) is 0 Å². The molecule has 1 aliphatic rings. The lowest BCUT2D eigenvalue weighted by Gasteiger charge is -2.40. The Labute approximate surface area is 88.1 Å². The fourth-order valence-electron chi connectivity index (χ4n) is 1.85. The molecule has 0 aromatic heterocycles. The van der Waals surface area contributed by atoms with Crippen LogP contribution in [0, 0.1) is 17.3 Å². The summed E-state index contributed by atoms with van der Waals surface area (Å²) in [7, 11) is 0. The standard InChI is InChI=1S/C12H25NO/c1-9(2)10-5-11(6-10)13-7-12(3,4)8-14/h9-11,13-14H,5-8H2,1-4H3. The molecule has 1 saturated carbocycles. The van der Waals surface area contributed by atoms with Gasteiger partial charge in [-0.2, -0.15) is 0 Å². The second-order valence-corrected chi connectivity index (χ2v) is 5.88. The molecule has 1 rings (SSSR count). The molecule has 2 heteroatoms. The van der Waals surface area contributed by atoms with Gasteiger partial charge in [0.25, 0.3) is 0 Å². The van der Waals surface area contributed by atoms with Crippen molar-refractivity contribution in [3.05, 3.63) is 0 Å². The summed E-state index contributed by atoms with van der Waals surface area (Å²) in [5, 5.41) is 12.6. The molecule has 0 aromatic rings. The van der Waals surface area contributed by atoms with Crippen LogP contribution in [-0.2, 0) is 0 Å². The van der Waals surface area contributed by atoms with Gasteiger partial charge in [0.2, 0.25) is 0 Å². The molecule has 0 heterocycles. The molecular formula is C12H25NO. The van der Waals surface area contributed by atoms with Gasteiger partial charge in [0.15, 0.2) is 0 Å². The van der Waals surface area contributed by atoms with E-state index in [2.05, 4.69) is 33.0 Å². The Hall–Kier alpha value is -0.0800. The molecule has 0 amide bonds. The van der Waals surface area contributed by atoms with Gasteiger partial charge in [0, 0.05) is 24.6 Å². The molecule has 0 spiro atoms. The van der Waals surface area contributed by atoms with E-state index in [9.17, 15) is 0 Å². The average molecular weight is 199 g/mol. The molecule has 0 unspecified atom stereocenters. The predicted octanol–water partition coefficient (Wildman–Crippen LogP) is 2.03. The molecule has 14 heavy (non-hydrogen) atoms. The highest BCUT2D eigenvalue weighted by Crippen LogP contribution is 2.33. The van der Waals surface area contributed by atoms with Crippen molar-refractivity contribution in [2.24, 2.45) is 17.3 Å². The summed E-state index contributed by atoms with van der Waals surface area (Å²) in [5.41, 5.74) is 0.0307. The zero-order chi connectivity index (χ0) is 10.8. The van der Waals surface area contributed by atoms with E-state index in [1.807, 2.05) is 0 Å². The summed E-state index contributed by atoms with van der Waals surface area (Å²) < 4.78 is 0. The minimum absolute atomic E-state index is 0.0307. The second kappa shape index (κ2) is 4.63. The smallest absolute Gasteiger partial charge is 0.0494 e. The normalized spacial score (nSPS) is 27.9. The predicted molar refractivity (Wildman–Crippen MR) is 60.2 cm³/mol. The van der Waals surface area contributed by atoms with Gasteiger partial charge in [-0.3, -0.25) is 0 Å². The maximum Gasteiger partial charge on any atom is 0.0494 e. The third kappa shape index (κ3) is 3.25. The molecule has 0 radical (unpaired) electrons. The van der Waals surface area contributed by atoms with Crippen LogP contribution in [0.15, 0.2) is 0 Å². The van der Waals surface area contributed by atoms with Crippen molar-refractivity contribution in [1.29, 1.82) is 0 Å². The summed E-state index contributed by atoms with van der Waals surface area (Å²) in [6.07, 6.45) is 2.64. The Morgan fingerprint density at radius 3 is 2.36 bits per heavy atom. The lowest BCUT2D eigenvalue weighted by Crippen LogP contribution is -2.46. The van der Waals surface area contributed by atoms with Crippen LogP contribution in [0.5, 0.6) is 0 Å². The lowest BCUT2D eigenvalue weighted by atomic mass is 9.73. The molecule has 0 saturated heterocycles. The first-order valence-corrected chi connectivity index (χ1v) is 5.79. The van der Waals surface area contributed by atoms with Crippen molar-refractivity contribution >= 4 is 0 Å². The first kappa shape index (κ1) is 12.0. The van der Waals surface area contributed by atoms with Crippen molar-refractivity contribution in [3.8, 4) is 0 Å². The molecule has 0 aliphatic heterocycles. The van der Waals surface area contributed by atoms with E-state index in [0.717, 1.165) is 18.4 Å². The van der Waals surface area contributed by atoms with Crippen molar-refractivity contribution in [2.45, 2.75) is 46.6 Å². The quantitative estimate of drug-likeness (QED) is 0.710. The summed E-state index contributed by atoms with van der Waals surface area (Å²) in [6, 6.07) is 0.702. The zero-order valence-corrected chi connectivity index (χ0v) is 10.0. The van der Waals surface area contributed by atoms with E-state index in [1.165, 1.54) is 12.8 Å². The molecular weight excluding hydrogens is 174 g/mol. The first-order chi connectivity index (χ1) is 6.44. The van der Waals surface area contributed by atoms with Gasteiger partial charge in [-0.15, -0.1) is 0 Å². The Morgan fingerprint density at radius 2 is 1.93 bits per heavy atom. The fraction of sp³-hybridized carbons (Fsp3) is 1.00. The monoisotopic (exact) mass is 199 g/mol. The Balaban J connectivity index is 2.12. The van der Waals surface area contributed by atoms with Crippen molar-refractivity contribution in [2.75, 3.05) is 13.2 Å². The fourth-order valence-corrected chi connectivity index (χ4v) is 1.85. The van der Waals surface area contributed by atoms with Crippen LogP contribution in [0.2, 0.25) is 0 Å². The molecule has 84 valence electrons. The lowest BCUT2D eigenvalue weighted by molar-refractivity contribution is 0.122. The van der Waals surface area contributed by atoms with Gasteiger partial charge in [0.05, 0.1) is 0 Å². The van der Waals surface area contributed by atoms with Gasteiger partial charge >= 0.3 is 0 Å². The van der Waals surface area contributed by atoms with Crippen LogP contribution >= 0.6 is 0 Å². The van der Waals surface area contributed by atoms with Gasteiger partial charge < -0.3 is 10.4 Å². The molecule has 1 fully saturated rings. The number of rotatable bonds is 5. The number of hydrogen-bond donors (Lipinski definition) is 2. The van der Waals surface area contributed by atoms with Crippen LogP contribution in [0.1, 0.15) is 40.5 Å². The van der Waals surface area contributed by atoms with Crippen LogP contribution in [0.4, 0.5) is 0 Å². The largest absolute Gasteiger partial charge is 0.396 e. The van der Waals surface area contributed by atoms with Crippen LogP contribution in [0.3, 0.4) is 0 Å².